The second kappa shape index (κ2) is 3.54. The van der Waals surface area contributed by atoms with E-state index in [0.29, 0.717) is 0 Å². The van der Waals surface area contributed by atoms with Crippen LogP contribution in [0.2, 0.25) is 0 Å². The highest BCUT2D eigenvalue weighted by Crippen LogP contribution is 2.11. The molecule has 0 aliphatic rings. The predicted octanol–water partition coefficient (Wildman–Crippen LogP) is 0.0608. The van der Waals surface area contributed by atoms with Gasteiger partial charge in [-0.2, -0.15) is 5.26 Å². The number of hydrogen-bond donors (Lipinski definition) is 1. The van der Waals surface area contributed by atoms with Crippen molar-refractivity contribution in [3.05, 3.63) is 23.4 Å². The summed E-state index contributed by atoms with van der Waals surface area (Å²) < 4.78 is 4.78. The van der Waals surface area contributed by atoms with Gasteiger partial charge in [-0.15, -0.1) is 0 Å². The van der Waals surface area contributed by atoms with Crippen molar-refractivity contribution in [2.75, 3.05) is 7.11 Å². The normalized spacial score (nSPS) is 8.92. The van der Waals surface area contributed by atoms with Gasteiger partial charge in [-0.3, -0.25) is 4.79 Å². The largest absolute Gasteiger partial charge is 0.481 e. The van der Waals surface area contributed by atoms with Gasteiger partial charge in [0, 0.05) is 6.07 Å². The maximum Gasteiger partial charge on any atom is 0.251 e. The smallest absolute Gasteiger partial charge is 0.251 e. The van der Waals surface area contributed by atoms with Crippen LogP contribution in [0.5, 0.6) is 5.88 Å². The van der Waals surface area contributed by atoms with Crippen LogP contribution in [0.25, 0.3) is 0 Å². The second-order valence-corrected chi connectivity index (χ2v) is 2.23. The number of aromatic nitrogens is 1. The number of carbonyl (C=O) groups excluding carboxylic acids is 1. The highest BCUT2D eigenvalue weighted by molar-refractivity contribution is 5.94. The molecule has 0 saturated heterocycles. The standard InChI is InChI=1S/C8H7N3O2/c1-13-7-3-2-5(8(10)12)6(4-9)11-7/h2-3H,1H3,(H2,10,12). The van der Waals surface area contributed by atoms with E-state index < -0.39 is 5.91 Å². The zero-order valence-electron chi connectivity index (χ0n) is 6.94. The third-order valence-electron chi connectivity index (χ3n) is 1.45. The number of nitrogens with two attached hydrogens (primary N) is 1. The molecule has 13 heavy (non-hydrogen) atoms. The molecule has 1 heterocycles. The molecule has 0 aliphatic heterocycles. The molecular formula is C8H7N3O2. The summed E-state index contributed by atoms with van der Waals surface area (Å²) in [6.45, 7) is 0. The first-order valence-corrected chi connectivity index (χ1v) is 3.44. The van der Waals surface area contributed by atoms with Crippen molar-refractivity contribution >= 4 is 5.91 Å². The Morgan fingerprint density at radius 1 is 1.69 bits per heavy atom. The summed E-state index contributed by atoms with van der Waals surface area (Å²) >= 11 is 0. The van der Waals surface area contributed by atoms with Crippen molar-refractivity contribution in [2.24, 2.45) is 5.73 Å². The third kappa shape index (κ3) is 1.73. The molecule has 0 aliphatic carbocycles. The van der Waals surface area contributed by atoms with Crippen LogP contribution in [-0.4, -0.2) is 18.0 Å². The first kappa shape index (κ1) is 9.00. The number of amides is 1. The summed E-state index contributed by atoms with van der Waals surface area (Å²) in [5, 5.41) is 8.61. The number of pyridine rings is 1. The van der Waals surface area contributed by atoms with Gasteiger partial charge in [0.1, 0.15) is 6.07 Å². The van der Waals surface area contributed by atoms with E-state index in [0.717, 1.165) is 0 Å². The fraction of sp³-hybridized carbons (Fsp3) is 0.125. The minimum atomic E-state index is -0.674. The van der Waals surface area contributed by atoms with Gasteiger partial charge in [-0.1, -0.05) is 0 Å². The number of nitriles is 1. The Labute approximate surface area is 74.8 Å². The fourth-order valence-corrected chi connectivity index (χ4v) is 0.839. The molecular weight excluding hydrogens is 170 g/mol. The molecule has 0 saturated carbocycles. The van der Waals surface area contributed by atoms with Gasteiger partial charge in [0.25, 0.3) is 5.91 Å². The van der Waals surface area contributed by atoms with E-state index in [1.165, 1.54) is 19.2 Å². The van der Waals surface area contributed by atoms with Crippen molar-refractivity contribution in [1.82, 2.24) is 4.98 Å². The van der Waals surface area contributed by atoms with Crippen LogP contribution in [0.3, 0.4) is 0 Å². The van der Waals surface area contributed by atoms with E-state index in [1.54, 1.807) is 6.07 Å². The Balaban J connectivity index is 3.26. The molecule has 5 nitrogen and oxygen atoms in total. The molecule has 1 aromatic heterocycles. The molecule has 1 rings (SSSR count). The summed E-state index contributed by atoms with van der Waals surface area (Å²) in [6, 6.07) is 4.64. The van der Waals surface area contributed by atoms with Crippen LogP contribution in [0.15, 0.2) is 12.1 Å². The van der Waals surface area contributed by atoms with E-state index in [2.05, 4.69) is 4.98 Å². The van der Waals surface area contributed by atoms with Crippen molar-refractivity contribution in [3.8, 4) is 11.9 Å². The zero-order chi connectivity index (χ0) is 9.84. The molecule has 0 aromatic carbocycles. The van der Waals surface area contributed by atoms with Gasteiger partial charge in [-0.05, 0) is 6.07 Å². The SMILES string of the molecule is COc1ccc(C(N)=O)c(C#N)n1. The number of methoxy groups -OCH3 is 1. The van der Waals surface area contributed by atoms with Crippen LogP contribution < -0.4 is 10.5 Å². The van der Waals surface area contributed by atoms with Crippen molar-refractivity contribution in [2.45, 2.75) is 0 Å². The first-order valence-electron chi connectivity index (χ1n) is 3.44. The molecule has 2 N–H and O–H groups in total. The summed E-state index contributed by atoms with van der Waals surface area (Å²) in [7, 11) is 1.42. The first-order chi connectivity index (χ1) is 6.19. The summed E-state index contributed by atoms with van der Waals surface area (Å²) in [5.41, 5.74) is 5.09. The summed E-state index contributed by atoms with van der Waals surface area (Å²) in [6.07, 6.45) is 0. The number of nitrogens with zero attached hydrogens (tertiary/aromatic N) is 2. The molecule has 66 valence electrons. The molecule has 0 radical (unpaired) electrons. The van der Waals surface area contributed by atoms with Gasteiger partial charge < -0.3 is 10.5 Å². The van der Waals surface area contributed by atoms with Crippen LogP contribution >= 0.6 is 0 Å². The third-order valence-corrected chi connectivity index (χ3v) is 1.45. The highest BCUT2D eigenvalue weighted by Gasteiger charge is 2.09. The number of ether oxygens (including phenoxy) is 1. The quantitative estimate of drug-likeness (QED) is 0.691. The average Bonchev–Trinajstić information content (AvgIpc) is 2.16. The molecule has 0 unspecified atom stereocenters. The van der Waals surface area contributed by atoms with E-state index in [4.69, 9.17) is 15.7 Å². The van der Waals surface area contributed by atoms with E-state index >= 15 is 0 Å². The van der Waals surface area contributed by atoms with Crippen molar-refractivity contribution in [1.29, 1.82) is 5.26 Å². The number of hydrogen-bond acceptors (Lipinski definition) is 4. The fourth-order valence-electron chi connectivity index (χ4n) is 0.839. The number of rotatable bonds is 2. The predicted molar refractivity (Wildman–Crippen MR) is 44.0 cm³/mol. The molecule has 0 atom stereocenters. The van der Waals surface area contributed by atoms with E-state index in [-0.39, 0.29) is 17.1 Å². The van der Waals surface area contributed by atoms with Gasteiger partial charge in [-0.25, -0.2) is 4.98 Å². The van der Waals surface area contributed by atoms with Crippen LogP contribution in [0.1, 0.15) is 16.1 Å². The van der Waals surface area contributed by atoms with Crippen molar-refractivity contribution < 1.29 is 9.53 Å². The lowest BCUT2D eigenvalue weighted by molar-refractivity contribution is 0.0999. The average molecular weight is 177 g/mol. The Hall–Kier alpha value is -2.09. The number of primary amides is 1. The Kier molecular flexibility index (Phi) is 2.45. The lowest BCUT2D eigenvalue weighted by atomic mass is 10.2. The van der Waals surface area contributed by atoms with Crippen LogP contribution in [0, 0.1) is 11.3 Å². The van der Waals surface area contributed by atoms with E-state index in [1.807, 2.05) is 0 Å². The zero-order valence-corrected chi connectivity index (χ0v) is 6.94. The Bertz CT molecular complexity index is 381. The minimum Gasteiger partial charge on any atom is -0.481 e. The molecule has 0 fully saturated rings. The second-order valence-electron chi connectivity index (χ2n) is 2.23. The Morgan fingerprint density at radius 3 is 2.85 bits per heavy atom. The molecule has 5 heteroatoms. The van der Waals surface area contributed by atoms with Gasteiger partial charge >= 0.3 is 0 Å². The molecule has 1 aromatic rings. The molecule has 0 bridgehead atoms. The molecule has 1 amide bonds. The highest BCUT2D eigenvalue weighted by atomic mass is 16.5. The Morgan fingerprint density at radius 2 is 2.38 bits per heavy atom. The van der Waals surface area contributed by atoms with Gasteiger partial charge in [0.05, 0.1) is 12.7 Å². The lowest BCUT2D eigenvalue weighted by Gasteiger charge is -2.00. The molecule has 0 spiro atoms. The monoisotopic (exact) mass is 177 g/mol. The maximum absolute atomic E-state index is 10.8. The van der Waals surface area contributed by atoms with Crippen LogP contribution in [0.4, 0.5) is 0 Å². The maximum atomic E-state index is 10.8. The summed E-state index contributed by atoms with van der Waals surface area (Å²) in [4.78, 5) is 14.5. The lowest BCUT2D eigenvalue weighted by Crippen LogP contribution is -2.13. The van der Waals surface area contributed by atoms with Crippen molar-refractivity contribution in [3.63, 3.8) is 0 Å². The van der Waals surface area contributed by atoms with E-state index in [9.17, 15) is 4.79 Å². The topological polar surface area (TPSA) is 89.0 Å². The van der Waals surface area contributed by atoms with Crippen LogP contribution in [-0.2, 0) is 0 Å². The van der Waals surface area contributed by atoms with Gasteiger partial charge in [0.15, 0.2) is 5.69 Å². The minimum absolute atomic E-state index is 0.0214. The number of carbonyl (C=O) groups is 1. The van der Waals surface area contributed by atoms with Gasteiger partial charge in [0.2, 0.25) is 5.88 Å². The summed E-state index contributed by atoms with van der Waals surface area (Å²) in [5.74, 6) is -0.395.